The van der Waals surface area contributed by atoms with Gasteiger partial charge in [-0.15, -0.1) is 0 Å². The smallest absolute Gasteiger partial charge is 0.410 e. The number of halogens is 1. The minimum atomic E-state index is -0.492. The van der Waals surface area contributed by atoms with Gasteiger partial charge in [0.1, 0.15) is 10.8 Å². The van der Waals surface area contributed by atoms with Crippen LogP contribution in [0.2, 0.25) is 5.15 Å². The van der Waals surface area contributed by atoms with Gasteiger partial charge in [0.2, 0.25) is 0 Å². The van der Waals surface area contributed by atoms with Crippen molar-refractivity contribution in [1.82, 2.24) is 9.88 Å². The summed E-state index contributed by atoms with van der Waals surface area (Å²) in [4.78, 5) is 19.0. The van der Waals surface area contributed by atoms with Gasteiger partial charge in [-0.1, -0.05) is 35.4 Å². The van der Waals surface area contributed by atoms with Crippen LogP contribution < -0.4 is 0 Å². The largest absolute Gasteiger partial charge is 0.444 e. The number of hydrogen-bond acceptors (Lipinski definition) is 3. The van der Waals surface area contributed by atoms with Gasteiger partial charge < -0.3 is 9.64 Å². The lowest BCUT2D eigenvalue weighted by molar-refractivity contribution is 0.0224. The summed E-state index contributed by atoms with van der Waals surface area (Å²) in [5.74, 6) is 0. The van der Waals surface area contributed by atoms with E-state index in [9.17, 15) is 4.79 Å². The van der Waals surface area contributed by atoms with E-state index in [-0.39, 0.29) is 6.09 Å². The van der Waals surface area contributed by atoms with Gasteiger partial charge in [-0.3, -0.25) is 0 Å². The number of fused-ring (bicyclic) bond motifs is 2. The van der Waals surface area contributed by atoms with Gasteiger partial charge >= 0.3 is 6.09 Å². The lowest BCUT2D eigenvalue weighted by Gasteiger charge is -2.32. The van der Waals surface area contributed by atoms with Crippen LogP contribution in [0.15, 0.2) is 23.8 Å². The normalized spacial score (nSPS) is 15.9. The third-order valence-electron chi connectivity index (χ3n) is 6.07. The van der Waals surface area contributed by atoms with Crippen LogP contribution in [0.25, 0.3) is 16.7 Å². The van der Waals surface area contributed by atoms with Crippen LogP contribution >= 0.6 is 11.6 Å². The van der Waals surface area contributed by atoms with Crippen molar-refractivity contribution in [3.05, 3.63) is 56.9 Å². The first kappa shape index (κ1) is 20.9. The maximum atomic E-state index is 12.6. The molecule has 30 heavy (non-hydrogen) atoms. The first-order chi connectivity index (χ1) is 14.1. The number of hydrogen-bond donors (Lipinski definition) is 0. The Morgan fingerprint density at radius 3 is 2.57 bits per heavy atom. The van der Waals surface area contributed by atoms with Gasteiger partial charge in [-0.25, -0.2) is 9.78 Å². The van der Waals surface area contributed by atoms with Crippen LogP contribution in [-0.4, -0.2) is 28.1 Å². The third kappa shape index (κ3) is 3.62. The molecule has 2 aliphatic rings. The summed E-state index contributed by atoms with van der Waals surface area (Å²) in [5.41, 5.74) is 10.4. The molecular weight excluding hydrogens is 396 g/mol. The fourth-order valence-electron chi connectivity index (χ4n) is 4.55. The minimum Gasteiger partial charge on any atom is -0.444 e. The average molecular weight is 425 g/mol. The number of rotatable bonds is 1. The molecule has 1 amide bonds. The predicted molar refractivity (Wildman–Crippen MR) is 122 cm³/mol. The number of nitrogens with zero attached hydrogens (tertiary/aromatic N) is 2. The second-order valence-corrected chi connectivity index (χ2v) is 9.75. The van der Waals surface area contributed by atoms with E-state index >= 15 is 0 Å². The zero-order valence-corrected chi connectivity index (χ0v) is 19.4. The zero-order valence-electron chi connectivity index (χ0n) is 18.6. The number of ether oxygens (including phenoxy) is 1. The van der Waals surface area contributed by atoms with Gasteiger partial charge in [0, 0.05) is 29.9 Å². The first-order valence-electron chi connectivity index (χ1n) is 10.5. The number of carbonyl (C=O) groups is 1. The number of aromatic nitrogens is 1. The van der Waals surface area contributed by atoms with E-state index in [1.54, 1.807) is 4.90 Å². The molecule has 2 heterocycles. The van der Waals surface area contributed by atoms with Gasteiger partial charge in [0.15, 0.2) is 0 Å². The van der Waals surface area contributed by atoms with Crippen molar-refractivity contribution in [3.63, 3.8) is 0 Å². The van der Waals surface area contributed by atoms with Crippen LogP contribution in [0.3, 0.4) is 0 Å². The molecule has 0 saturated heterocycles. The van der Waals surface area contributed by atoms with Crippen LogP contribution in [-0.2, 0) is 24.1 Å². The standard InChI is InChI=1S/C25H29ClN2O2/c1-14-12-20-21(15(14)2)22(16(3)27-23(20)26)19-9-7-8-17-13-28(11-10-18(17)19)24(29)30-25(4,5)6/h7-9H,10-13H2,1-6H3. The molecule has 5 heteroatoms. The SMILES string of the molecule is CC1=C(C)c2c(c(Cl)nc(C)c2-c2cccc3c2CCN(C(=O)OC(C)(C)C)C3)C1. The molecule has 1 aliphatic heterocycles. The van der Waals surface area contributed by atoms with Crippen molar-refractivity contribution >= 4 is 23.3 Å². The molecular formula is C25H29ClN2O2. The molecule has 4 nitrogen and oxygen atoms in total. The molecule has 0 spiro atoms. The van der Waals surface area contributed by atoms with Crippen molar-refractivity contribution in [2.75, 3.05) is 6.54 Å². The zero-order chi connectivity index (χ0) is 21.8. The van der Waals surface area contributed by atoms with E-state index in [4.69, 9.17) is 16.3 Å². The predicted octanol–water partition coefficient (Wildman–Crippen LogP) is 6.35. The third-order valence-corrected chi connectivity index (χ3v) is 6.39. The summed E-state index contributed by atoms with van der Waals surface area (Å²) in [7, 11) is 0. The van der Waals surface area contributed by atoms with E-state index in [1.165, 1.54) is 39.0 Å². The molecule has 0 bridgehead atoms. The fraction of sp³-hybridized carbons (Fsp3) is 0.440. The minimum absolute atomic E-state index is 0.252. The number of carbonyl (C=O) groups excluding carboxylic acids is 1. The van der Waals surface area contributed by atoms with Gasteiger partial charge in [0.05, 0.1) is 0 Å². The molecule has 0 radical (unpaired) electrons. The summed E-state index contributed by atoms with van der Waals surface area (Å²) in [6, 6.07) is 6.37. The molecule has 0 saturated carbocycles. The molecule has 0 fully saturated rings. The second-order valence-electron chi connectivity index (χ2n) is 9.39. The summed E-state index contributed by atoms with van der Waals surface area (Å²) in [6.45, 7) is 13.3. The summed E-state index contributed by atoms with van der Waals surface area (Å²) >= 11 is 6.52. The lowest BCUT2D eigenvalue weighted by atomic mass is 9.86. The van der Waals surface area contributed by atoms with Gasteiger partial charge in [0.25, 0.3) is 0 Å². The van der Waals surface area contributed by atoms with Gasteiger partial charge in [-0.2, -0.15) is 0 Å². The van der Waals surface area contributed by atoms with E-state index in [2.05, 4.69) is 37.0 Å². The Bertz CT molecular complexity index is 1080. The molecule has 158 valence electrons. The van der Waals surface area contributed by atoms with Crippen LogP contribution in [0, 0.1) is 6.92 Å². The lowest BCUT2D eigenvalue weighted by Crippen LogP contribution is -2.40. The van der Waals surface area contributed by atoms with Gasteiger partial charge in [-0.05, 0) is 82.2 Å². The highest BCUT2D eigenvalue weighted by Crippen LogP contribution is 2.44. The van der Waals surface area contributed by atoms with E-state index in [0.717, 1.165) is 24.1 Å². The number of aryl methyl sites for hydroxylation is 1. The monoisotopic (exact) mass is 424 g/mol. The van der Waals surface area contributed by atoms with Crippen molar-refractivity contribution < 1.29 is 9.53 Å². The Balaban J connectivity index is 1.77. The molecule has 1 aliphatic carbocycles. The number of pyridine rings is 1. The van der Waals surface area contributed by atoms with Crippen molar-refractivity contribution in [1.29, 1.82) is 0 Å². The molecule has 2 aromatic rings. The maximum absolute atomic E-state index is 12.6. The number of amides is 1. The summed E-state index contributed by atoms with van der Waals surface area (Å²) in [6.07, 6.45) is 1.41. The molecule has 1 aromatic carbocycles. The highest BCUT2D eigenvalue weighted by molar-refractivity contribution is 6.30. The highest BCUT2D eigenvalue weighted by atomic mass is 35.5. The molecule has 0 atom stereocenters. The van der Waals surface area contributed by atoms with Crippen LogP contribution in [0.5, 0.6) is 0 Å². The molecule has 0 N–H and O–H groups in total. The summed E-state index contributed by atoms with van der Waals surface area (Å²) < 4.78 is 5.58. The Labute approximate surface area is 183 Å². The summed E-state index contributed by atoms with van der Waals surface area (Å²) in [5, 5.41) is 0.614. The molecule has 4 rings (SSSR count). The van der Waals surface area contributed by atoms with E-state index < -0.39 is 5.60 Å². The van der Waals surface area contributed by atoms with Crippen LogP contribution in [0.4, 0.5) is 4.79 Å². The van der Waals surface area contributed by atoms with E-state index in [1.807, 2.05) is 27.7 Å². The Morgan fingerprint density at radius 2 is 1.87 bits per heavy atom. The Morgan fingerprint density at radius 1 is 1.13 bits per heavy atom. The quantitative estimate of drug-likeness (QED) is 0.500. The Kier molecular flexibility index (Phi) is 5.17. The van der Waals surface area contributed by atoms with Crippen molar-refractivity contribution in [2.24, 2.45) is 0 Å². The number of allylic oxidation sites excluding steroid dienone is 2. The first-order valence-corrected chi connectivity index (χ1v) is 10.9. The average Bonchev–Trinajstić information content (AvgIpc) is 2.96. The molecule has 0 unspecified atom stereocenters. The molecule has 1 aromatic heterocycles. The topological polar surface area (TPSA) is 42.4 Å². The van der Waals surface area contributed by atoms with Crippen molar-refractivity contribution in [3.8, 4) is 11.1 Å². The Hall–Kier alpha value is -2.33. The van der Waals surface area contributed by atoms with Crippen LogP contribution in [0.1, 0.15) is 62.6 Å². The fourth-order valence-corrected chi connectivity index (χ4v) is 4.84. The maximum Gasteiger partial charge on any atom is 0.410 e. The second kappa shape index (κ2) is 7.42. The van der Waals surface area contributed by atoms with Crippen molar-refractivity contribution in [2.45, 2.75) is 66.5 Å². The van der Waals surface area contributed by atoms with E-state index in [0.29, 0.717) is 18.2 Å². The highest BCUT2D eigenvalue weighted by Gasteiger charge is 2.30. The number of benzene rings is 1.